The van der Waals surface area contributed by atoms with E-state index in [9.17, 15) is 19.4 Å². The molecule has 0 fully saturated rings. The smallest absolute Gasteiger partial charge is 0.463 e. The minimum Gasteiger partial charge on any atom is -0.463 e. The van der Waals surface area contributed by atoms with Crippen LogP contribution in [0.3, 0.4) is 0 Å². The number of hydrogen-bond acceptors (Lipinski definition) is 6. The molecule has 0 saturated heterocycles. The minimum absolute atomic E-state index is 0.0560. The van der Waals surface area contributed by atoms with Crippen molar-refractivity contribution in [2.75, 3.05) is 47.5 Å². The maximum absolute atomic E-state index is 11.9. The van der Waals surface area contributed by atoms with Crippen LogP contribution in [0.1, 0.15) is 161 Å². The molecule has 0 amide bonds. The number of aliphatic hydroxyl groups is 1. The number of carbonyl (C=O) groups is 1. The molecule has 8 nitrogen and oxygen atoms in total. The summed E-state index contributed by atoms with van der Waals surface area (Å²) in [6.45, 7) is 2.16. The summed E-state index contributed by atoms with van der Waals surface area (Å²) >= 11 is 0. The Bertz CT molecular complexity index is 741. The standard InChI is InChI=1S/C36H72NO7P/c1-5-6-7-8-9-10-11-12-13-14-15-16-17-18-19-20-21-22-23-24-25-26-27-28-29-30-36(39)42-33-35(38)34-44-45(40,41)43-32-31-37(2,3)4/h14-15,35,38H,5-13,16-34H2,1-4H3/p+1/b15-14-. The quantitative estimate of drug-likeness (QED) is 0.0233. The van der Waals surface area contributed by atoms with E-state index in [0.29, 0.717) is 17.4 Å². The molecule has 2 unspecified atom stereocenters. The molecule has 0 heterocycles. The molecule has 268 valence electrons. The summed E-state index contributed by atoms with van der Waals surface area (Å²) in [5.74, 6) is -0.369. The normalized spacial score (nSPS) is 14.2. The monoisotopic (exact) mass is 663 g/mol. The fourth-order valence-corrected chi connectivity index (χ4v) is 5.81. The van der Waals surface area contributed by atoms with Gasteiger partial charge in [0.1, 0.15) is 25.9 Å². The maximum Gasteiger partial charge on any atom is 0.472 e. The van der Waals surface area contributed by atoms with Crippen LogP contribution in [0.5, 0.6) is 0 Å². The lowest BCUT2D eigenvalue weighted by molar-refractivity contribution is -0.870. The number of rotatable bonds is 34. The molecule has 0 aliphatic heterocycles. The Kier molecular flexibility index (Phi) is 30.0. The van der Waals surface area contributed by atoms with Crippen molar-refractivity contribution in [3.63, 3.8) is 0 Å². The molecule has 9 heteroatoms. The van der Waals surface area contributed by atoms with E-state index in [4.69, 9.17) is 13.8 Å². The molecule has 2 N–H and O–H groups in total. The highest BCUT2D eigenvalue weighted by molar-refractivity contribution is 7.47. The van der Waals surface area contributed by atoms with E-state index < -0.39 is 20.5 Å². The van der Waals surface area contributed by atoms with E-state index >= 15 is 0 Å². The number of quaternary nitrogens is 1. The van der Waals surface area contributed by atoms with E-state index in [1.807, 2.05) is 21.1 Å². The average molecular weight is 663 g/mol. The first-order valence-corrected chi connectivity index (χ1v) is 20.0. The summed E-state index contributed by atoms with van der Waals surface area (Å²) in [6, 6.07) is 0. The number of hydrogen-bond donors (Lipinski definition) is 2. The number of allylic oxidation sites excluding steroid dienone is 2. The number of carbonyl (C=O) groups excluding carboxylic acids is 1. The third-order valence-electron chi connectivity index (χ3n) is 8.03. The van der Waals surface area contributed by atoms with Crippen molar-refractivity contribution in [2.45, 2.75) is 167 Å². The van der Waals surface area contributed by atoms with Gasteiger partial charge in [-0.2, -0.15) is 0 Å². The van der Waals surface area contributed by atoms with Crippen molar-refractivity contribution in [1.82, 2.24) is 0 Å². The van der Waals surface area contributed by atoms with Crippen molar-refractivity contribution in [3.8, 4) is 0 Å². The first-order chi connectivity index (χ1) is 21.6. The Labute approximate surface area is 277 Å². The lowest BCUT2D eigenvalue weighted by Crippen LogP contribution is -2.37. The van der Waals surface area contributed by atoms with Gasteiger partial charge in [-0.1, -0.05) is 135 Å². The second-order valence-corrected chi connectivity index (χ2v) is 15.3. The number of phosphoric ester groups is 1. The number of ether oxygens (including phenoxy) is 1. The molecule has 0 aliphatic rings. The molecule has 0 aromatic rings. The highest BCUT2D eigenvalue weighted by Gasteiger charge is 2.24. The van der Waals surface area contributed by atoms with Gasteiger partial charge in [0.15, 0.2) is 0 Å². The minimum atomic E-state index is -4.25. The molecule has 0 radical (unpaired) electrons. The van der Waals surface area contributed by atoms with Crippen LogP contribution in [-0.2, 0) is 23.1 Å². The fourth-order valence-electron chi connectivity index (χ4n) is 5.06. The van der Waals surface area contributed by atoms with Crippen LogP contribution >= 0.6 is 7.82 Å². The second-order valence-electron chi connectivity index (χ2n) is 13.8. The Hall–Kier alpha value is -0.760. The Morgan fingerprint density at radius 1 is 0.667 bits per heavy atom. The summed E-state index contributed by atoms with van der Waals surface area (Å²) in [5, 5.41) is 9.89. The van der Waals surface area contributed by atoms with Gasteiger partial charge in [-0.05, 0) is 32.1 Å². The van der Waals surface area contributed by atoms with Gasteiger partial charge in [-0.15, -0.1) is 0 Å². The van der Waals surface area contributed by atoms with Crippen LogP contribution in [-0.4, -0.2) is 74.1 Å². The van der Waals surface area contributed by atoms with Crippen molar-refractivity contribution in [2.24, 2.45) is 0 Å². The van der Waals surface area contributed by atoms with Gasteiger partial charge in [0.2, 0.25) is 0 Å². The molecule has 0 aromatic carbocycles. The molecule has 0 bridgehead atoms. The first-order valence-electron chi connectivity index (χ1n) is 18.5. The molecular weight excluding hydrogens is 589 g/mol. The maximum atomic E-state index is 11.9. The van der Waals surface area contributed by atoms with E-state index in [2.05, 4.69) is 19.1 Å². The lowest BCUT2D eigenvalue weighted by atomic mass is 10.0. The summed E-state index contributed by atoms with van der Waals surface area (Å²) in [6.07, 6.45) is 33.8. The molecule has 0 spiro atoms. The number of nitrogens with zero attached hydrogens (tertiary/aromatic N) is 1. The van der Waals surface area contributed by atoms with Crippen LogP contribution < -0.4 is 0 Å². The van der Waals surface area contributed by atoms with Crippen LogP contribution in [0.4, 0.5) is 0 Å². The highest BCUT2D eigenvalue weighted by atomic mass is 31.2. The topological polar surface area (TPSA) is 102 Å². The summed E-state index contributed by atoms with van der Waals surface area (Å²) < 4.78 is 27.2. The summed E-state index contributed by atoms with van der Waals surface area (Å²) in [7, 11) is 1.57. The number of likely N-dealkylation sites (N-methyl/N-ethyl adjacent to an activating group) is 1. The lowest BCUT2D eigenvalue weighted by Gasteiger charge is -2.24. The van der Waals surface area contributed by atoms with Crippen LogP contribution in [0.25, 0.3) is 0 Å². The zero-order valence-corrected chi connectivity index (χ0v) is 30.8. The van der Waals surface area contributed by atoms with Gasteiger partial charge in [-0.3, -0.25) is 13.8 Å². The number of phosphoric acid groups is 1. The van der Waals surface area contributed by atoms with Gasteiger partial charge in [0.25, 0.3) is 0 Å². The third-order valence-corrected chi connectivity index (χ3v) is 9.01. The van der Waals surface area contributed by atoms with E-state index in [0.717, 1.165) is 19.3 Å². The molecule has 45 heavy (non-hydrogen) atoms. The van der Waals surface area contributed by atoms with Crippen molar-refractivity contribution in [3.05, 3.63) is 12.2 Å². The molecule has 0 rings (SSSR count). The Morgan fingerprint density at radius 3 is 1.53 bits per heavy atom. The van der Waals surface area contributed by atoms with Gasteiger partial charge < -0.3 is 19.2 Å². The SMILES string of the molecule is CCCCCCCCCC/C=C\CCCCCCCCCCCCCCCC(=O)OCC(O)COP(=O)(O)OCC[N+](C)(C)C. The molecule has 0 aromatic heterocycles. The van der Waals surface area contributed by atoms with Crippen LogP contribution in [0.15, 0.2) is 12.2 Å². The highest BCUT2D eigenvalue weighted by Crippen LogP contribution is 2.43. The van der Waals surface area contributed by atoms with Gasteiger partial charge in [-0.25, -0.2) is 4.57 Å². The van der Waals surface area contributed by atoms with Crippen molar-refractivity contribution >= 4 is 13.8 Å². The number of esters is 1. The fraction of sp³-hybridized carbons (Fsp3) is 0.917. The van der Waals surface area contributed by atoms with Crippen molar-refractivity contribution in [1.29, 1.82) is 0 Å². The summed E-state index contributed by atoms with van der Waals surface area (Å²) in [5.41, 5.74) is 0. The zero-order valence-electron chi connectivity index (χ0n) is 29.9. The van der Waals surface area contributed by atoms with Gasteiger partial charge >= 0.3 is 13.8 Å². The predicted octanol–water partition coefficient (Wildman–Crippen LogP) is 9.67. The number of aliphatic hydroxyl groups excluding tert-OH is 1. The molecular formula is C36H73NO7P+. The van der Waals surface area contributed by atoms with Gasteiger partial charge in [0.05, 0.1) is 27.7 Å². The zero-order chi connectivity index (χ0) is 33.5. The Morgan fingerprint density at radius 2 is 1.09 bits per heavy atom. The second kappa shape index (κ2) is 30.6. The first kappa shape index (κ1) is 44.2. The molecule has 2 atom stereocenters. The van der Waals surface area contributed by atoms with Crippen LogP contribution in [0.2, 0.25) is 0 Å². The Balaban J connectivity index is 3.40. The van der Waals surface area contributed by atoms with Crippen molar-refractivity contribution < 1.29 is 37.6 Å². The number of unbranched alkanes of at least 4 members (excludes halogenated alkanes) is 21. The van der Waals surface area contributed by atoms with E-state index in [1.165, 1.54) is 128 Å². The van der Waals surface area contributed by atoms with Crippen LogP contribution in [0, 0.1) is 0 Å². The largest absolute Gasteiger partial charge is 0.472 e. The average Bonchev–Trinajstić information content (AvgIpc) is 2.98. The van der Waals surface area contributed by atoms with E-state index in [-0.39, 0.29) is 19.2 Å². The predicted molar refractivity (Wildman–Crippen MR) is 187 cm³/mol. The molecule has 0 aliphatic carbocycles. The third kappa shape index (κ3) is 35.9. The molecule has 0 saturated carbocycles. The van der Waals surface area contributed by atoms with Gasteiger partial charge in [0, 0.05) is 6.42 Å². The van der Waals surface area contributed by atoms with E-state index in [1.54, 1.807) is 0 Å². The summed E-state index contributed by atoms with van der Waals surface area (Å²) in [4.78, 5) is 21.6.